The summed E-state index contributed by atoms with van der Waals surface area (Å²) in [6, 6.07) is 0. The van der Waals surface area contributed by atoms with Crippen molar-refractivity contribution in [2.24, 2.45) is 5.73 Å². The van der Waals surface area contributed by atoms with Crippen LogP contribution in [-0.2, 0) is 12.8 Å². The molecule has 1 aliphatic rings. The third kappa shape index (κ3) is 1.47. The lowest BCUT2D eigenvalue weighted by Crippen LogP contribution is -2.08. The SMILES string of the molecule is Cc1oc2c(c1C(O)CCN)CCC2. The second kappa shape index (κ2) is 3.75. The molecule has 3 heteroatoms. The van der Waals surface area contributed by atoms with Crippen LogP contribution >= 0.6 is 0 Å². The first-order valence-electron chi connectivity index (χ1n) is 5.23. The molecule has 0 fully saturated rings. The van der Waals surface area contributed by atoms with Gasteiger partial charge < -0.3 is 15.3 Å². The molecule has 0 spiro atoms. The number of nitrogens with two attached hydrogens (primary N) is 1. The first-order chi connectivity index (χ1) is 6.74. The van der Waals surface area contributed by atoms with Crippen molar-refractivity contribution in [1.29, 1.82) is 0 Å². The first kappa shape index (κ1) is 9.74. The molecule has 1 unspecified atom stereocenters. The van der Waals surface area contributed by atoms with Crippen molar-refractivity contribution in [1.82, 2.24) is 0 Å². The average molecular weight is 195 g/mol. The van der Waals surface area contributed by atoms with E-state index in [1.165, 1.54) is 5.56 Å². The van der Waals surface area contributed by atoms with Gasteiger partial charge in [-0.3, -0.25) is 0 Å². The van der Waals surface area contributed by atoms with E-state index in [0.717, 1.165) is 36.3 Å². The summed E-state index contributed by atoms with van der Waals surface area (Å²) in [5, 5.41) is 9.91. The van der Waals surface area contributed by atoms with Gasteiger partial charge in [-0.2, -0.15) is 0 Å². The summed E-state index contributed by atoms with van der Waals surface area (Å²) in [5.41, 5.74) is 7.68. The van der Waals surface area contributed by atoms with Gasteiger partial charge in [-0.25, -0.2) is 0 Å². The zero-order valence-electron chi connectivity index (χ0n) is 8.55. The highest BCUT2D eigenvalue weighted by atomic mass is 16.3. The van der Waals surface area contributed by atoms with Crippen molar-refractivity contribution in [2.45, 2.75) is 38.7 Å². The highest BCUT2D eigenvalue weighted by Gasteiger charge is 2.25. The lowest BCUT2D eigenvalue weighted by atomic mass is 10.0. The molecule has 1 heterocycles. The van der Waals surface area contributed by atoms with Gasteiger partial charge in [-0.05, 0) is 38.3 Å². The maximum absolute atomic E-state index is 9.91. The van der Waals surface area contributed by atoms with Crippen LogP contribution in [0.4, 0.5) is 0 Å². The maximum atomic E-state index is 9.91. The van der Waals surface area contributed by atoms with Crippen LogP contribution in [0.3, 0.4) is 0 Å². The highest BCUT2D eigenvalue weighted by Crippen LogP contribution is 2.35. The summed E-state index contributed by atoms with van der Waals surface area (Å²) in [6.45, 7) is 2.44. The van der Waals surface area contributed by atoms with Gasteiger partial charge in [0, 0.05) is 12.0 Å². The summed E-state index contributed by atoms with van der Waals surface area (Å²) in [7, 11) is 0. The van der Waals surface area contributed by atoms with Gasteiger partial charge >= 0.3 is 0 Å². The number of hydrogen-bond acceptors (Lipinski definition) is 3. The molecule has 0 bridgehead atoms. The van der Waals surface area contributed by atoms with Gasteiger partial charge in [0.2, 0.25) is 0 Å². The smallest absolute Gasteiger partial charge is 0.107 e. The first-order valence-corrected chi connectivity index (χ1v) is 5.23. The summed E-state index contributed by atoms with van der Waals surface area (Å²) in [4.78, 5) is 0. The van der Waals surface area contributed by atoms with Crippen LogP contribution in [0.15, 0.2) is 4.42 Å². The van der Waals surface area contributed by atoms with Crippen LogP contribution in [0.5, 0.6) is 0 Å². The molecular weight excluding hydrogens is 178 g/mol. The third-order valence-electron chi connectivity index (χ3n) is 2.92. The molecule has 0 aromatic carbocycles. The lowest BCUT2D eigenvalue weighted by molar-refractivity contribution is 0.167. The molecule has 3 N–H and O–H groups in total. The van der Waals surface area contributed by atoms with E-state index >= 15 is 0 Å². The highest BCUT2D eigenvalue weighted by molar-refractivity contribution is 5.37. The monoisotopic (exact) mass is 195 g/mol. The topological polar surface area (TPSA) is 59.4 Å². The van der Waals surface area contributed by atoms with Crippen LogP contribution in [0.25, 0.3) is 0 Å². The molecule has 78 valence electrons. The molecule has 1 atom stereocenters. The van der Waals surface area contributed by atoms with Crippen LogP contribution in [0, 0.1) is 6.92 Å². The largest absolute Gasteiger partial charge is 0.466 e. The van der Waals surface area contributed by atoms with Gasteiger partial charge in [0.15, 0.2) is 0 Å². The molecule has 0 amide bonds. The molecule has 0 aliphatic heterocycles. The molecule has 14 heavy (non-hydrogen) atoms. The Balaban J connectivity index is 2.32. The predicted octanol–water partition coefficient (Wildman–Crippen LogP) is 1.46. The number of aliphatic hydroxyl groups is 1. The normalized spacial score (nSPS) is 17.1. The number of aliphatic hydroxyl groups excluding tert-OH is 1. The van der Waals surface area contributed by atoms with Gasteiger partial charge in [-0.15, -0.1) is 0 Å². The van der Waals surface area contributed by atoms with E-state index in [1.807, 2.05) is 6.92 Å². The second-order valence-corrected chi connectivity index (χ2v) is 3.92. The van der Waals surface area contributed by atoms with E-state index in [0.29, 0.717) is 13.0 Å². The summed E-state index contributed by atoms with van der Waals surface area (Å²) >= 11 is 0. The molecule has 1 aromatic heterocycles. The number of hydrogen-bond donors (Lipinski definition) is 2. The Morgan fingerprint density at radius 3 is 3.00 bits per heavy atom. The number of aryl methyl sites for hydroxylation is 2. The fraction of sp³-hybridized carbons (Fsp3) is 0.636. The van der Waals surface area contributed by atoms with E-state index in [4.69, 9.17) is 10.2 Å². The number of fused-ring (bicyclic) bond motifs is 1. The molecule has 1 aromatic rings. The molecular formula is C11H17NO2. The number of furan rings is 1. The van der Waals surface area contributed by atoms with Crippen molar-refractivity contribution in [2.75, 3.05) is 6.54 Å². The molecule has 3 nitrogen and oxygen atoms in total. The van der Waals surface area contributed by atoms with Crippen molar-refractivity contribution >= 4 is 0 Å². The maximum Gasteiger partial charge on any atom is 0.107 e. The Bertz CT molecular complexity index is 330. The van der Waals surface area contributed by atoms with Gasteiger partial charge in [0.1, 0.15) is 11.5 Å². The Morgan fingerprint density at radius 2 is 2.29 bits per heavy atom. The molecule has 1 aliphatic carbocycles. The fourth-order valence-corrected chi connectivity index (χ4v) is 2.30. The Labute approximate surface area is 83.9 Å². The van der Waals surface area contributed by atoms with Crippen LogP contribution in [0.2, 0.25) is 0 Å². The molecule has 0 saturated heterocycles. The average Bonchev–Trinajstić information content (AvgIpc) is 2.63. The summed E-state index contributed by atoms with van der Waals surface area (Å²) in [5.74, 6) is 1.95. The van der Waals surface area contributed by atoms with Crippen molar-refractivity contribution in [3.05, 3.63) is 22.6 Å². The van der Waals surface area contributed by atoms with Crippen molar-refractivity contribution < 1.29 is 9.52 Å². The van der Waals surface area contributed by atoms with Crippen LogP contribution < -0.4 is 5.73 Å². The minimum Gasteiger partial charge on any atom is -0.466 e. The Kier molecular flexibility index (Phi) is 2.61. The second-order valence-electron chi connectivity index (χ2n) is 3.92. The molecule has 0 radical (unpaired) electrons. The van der Waals surface area contributed by atoms with E-state index in [9.17, 15) is 5.11 Å². The van der Waals surface area contributed by atoms with Crippen LogP contribution in [0.1, 0.15) is 41.6 Å². The van der Waals surface area contributed by atoms with E-state index < -0.39 is 6.10 Å². The van der Waals surface area contributed by atoms with Crippen LogP contribution in [-0.4, -0.2) is 11.7 Å². The minimum absolute atomic E-state index is 0.439. The summed E-state index contributed by atoms with van der Waals surface area (Å²) in [6.07, 6.45) is 3.39. The fourth-order valence-electron chi connectivity index (χ4n) is 2.30. The van der Waals surface area contributed by atoms with Crippen molar-refractivity contribution in [3.63, 3.8) is 0 Å². The zero-order chi connectivity index (χ0) is 10.1. The molecule has 0 saturated carbocycles. The predicted molar refractivity (Wildman–Crippen MR) is 54.1 cm³/mol. The minimum atomic E-state index is -0.439. The van der Waals surface area contributed by atoms with E-state index in [2.05, 4.69) is 0 Å². The molecule has 2 rings (SSSR count). The number of rotatable bonds is 3. The summed E-state index contributed by atoms with van der Waals surface area (Å²) < 4.78 is 5.62. The van der Waals surface area contributed by atoms with E-state index in [-0.39, 0.29) is 0 Å². The quantitative estimate of drug-likeness (QED) is 0.767. The third-order valence-corrected chi connectivity index (χ3v) is 2.92. The van der Waals surface area contributed by atoms with Gasteiger partial charge in [0.25, 0.3) is 0 Å². The Hall–Kier alpha value is -0.800. The lowest BCUT2D eigenvalue weighted by Gasteiger charge is -2.09. The zero-order valence-corrected chi connectivity index (χ0v) is 8.55. The van der Waals surface area contributed by atoms with Gasteiger partial charge in [-0.1, -0.05) is 0 Å². The standard InChI is InChI=1S/C11H17NO2/c1-7-11(9(13)5-6-12)8-3-2-4-10(8)14-7/h9,13H,2-6,12H2,1H3. The van der Waals surface area contributed by atoms with Gasteiger partial charge in [0.05, 0.1) is 6.10 Å². The van der Waals surface area contributed by atoms with E-state index in [1.54, 1.807) is 0 Å². The van der Waals surface area contributed by atoms with Crippen molar-refractivity contribution in [3.8, 4) is 0 Å². The Morgan fingerprint density at radius 1 is 1.50 bits per heavy atom.